The Labute approximate surface area is 271 Å². The van der Waals surface area contributed by atoms with Crippen LogP contribution in [0.25, 0.3) is 0 Å². The largest absolute Gasteiger partial charge is 0.350 e. The Kier molecular flexibility index (Phi) is 10.7. The van der Waals surface area contributed by atoms with Crippen molar-refractivity contribution in [2.75, 3.05) is 10.8 Å². The third-order valence-corrected chi connectivity index (χ3v) is 9.26. The topological polar surface area (TPSA) is 86.8 Å². The summed E-state index contributed by atoms with van der Waals surface area (Å²) in [5.74, 6) is -0.869. The van der Waals surface area contributed by atoms with Crippen LogP contribution < -0.4 is 9.62 Å². The molecule has 0 heterocycles. The molecule has 7 nitrogen and oxygen atoms in total. The molecule has 0 radical (unpaired) electrons. The maximum atomic E-state index is 14.6. The highest BCUT2D eigenvalue weighted by Gasteiger charge is 2.36. The van der Waals surface area contributed by atoms with E-state index < -0.39 is 34.1 Å². The summed E-state index contributed by atoms with van der Waals surface area (Å²) >= 11 is 6.32. The van der Waals surface area contributed by atoms with E-state index in [1.807, 2.05) is 83.1 Å². The zero-order valence-corrected chi connectivity index (χ0v) is 27.9. The molecule has 0 saturated heterocycles. The molecule has 0 aliphatic carbocycles. The van der Waals surface area contributed by atoms with E-state index >= 15 is 0 Å². The van der Waals surface area contributed by atoms with E-state index in [2.05, 4.69) is 5.32 Å². The van der Waals surface area contributed by atoms with Crippen LogP contribution in [-0.4, -0.2) is 43.3 Å². The van der Waals surface area contributed by atoms with Crippen molar-refractivity contribution in [1.82, 2.24) is 10.2 Å². The van der Waals surface area contributed by atoms with Gasteiger partial charge in [-0.1, -0.05) is 84.4 Å². The second-order valence-electron chi connectivity index (χ2n) is 12.2. The van der Waals surface area contributed by atoms with Crippen LogP contribution in [-0.2, 0) is 32.6 Å². The number of anilines is 1. The summed E-state index contributed by atoms with van der Waals surface area (Å²) in [6.45, 7) is 8.84. The van der Waals surface area contributed by atoms with E-state index in [9.17, 15) is 18.0 Å². The van der Waals surface area contributed by atoms with Gasteiger partial charge in [-0.3, -0.25) is 13.9 Å². The van der Waals surface area contributed by atoms with Crippen LogP contribution in [0.3, 0.4) is 0 Å². The predicted octanol–water partition coefficient (Wildman–Crippen LogP) is 6.71. The molecular weight excluding hydrogens is 606 g/mol. The Balaban J connectivity index is 1.84. The molecule has 0 aliphatic heterocycles. The first-order valence-corrected chi connectivity index (χ1v) is 16.6. The minimum absolute atomic E-state index is 0.0421. The first-order valence-electron chi connectivity index (χ1n) is 14.8. The average Bonchev–Trinajstić information content (AvgIpc) is 2.99. The Morgan fingerprint density at radius 1 is 0.822 bits per heavy atom. The van der Waals surface area contributed by atoms with Gasteiger partial charge in [0.05, 0.1) is 10.6 Å². The van der Waals surface area contributed by atoms with Gasteiger partial charge in [0.25, 0.3) is 10.0 Å². The first kappa shape index (κ1) is 33.7. The highest BCUT2D eigenvalue weighted by atomic mass is 35.5. The number of sulfonamides is 1. The summed E-state index contributed by atoms with van der Waals surface area (Å²) in [6, 6.07) is 29.1. The molecule has 4 aromatic carbocycles. The maximum absolute atomic E-state index is 14.6. The van der Waals surface area contributed by atoms with Crippen molar-refractivity contribution in [2.24, 2.45) is 0 Å². The standard InChI is InChI=1S/C36H40ClN3O4S/c1-26-19-20-27(2)32(21-26)40(45(43,44)31-17-10-7-11-18-31)25-34(41)39(24-29-15-12-16-30(37)22-29)33(35(42)38-36(3,4)5)23-28-13-8-6-9-14-28/h6-22,33H,23-25H2,1-5H3,(H,38,42). The molecule has 0 bridgehead atoms. The molecule has 236 valence electrons. The zero-order valence-electron chi connectivity index (χ0n) is 26.3. The van der Waals surface area contributed by atoms with Crippen molar-refractivity contribution >= 4 is 39.1 Å². The van der Waals surface area contributed by atoms with Gasteiger partial charge >= 0.3 is 0 Å². The van der Waals surface area contributed by atoms with E-state index in [4.69, 9.17) is 11.6 Å². The minimum Gasteiger partial charge on any atom is -0.350 e. The minimum atomic E-state index is -4.17. The van der Waals surface area contributed by atoms with Gasteiger partial charge in [0.1, 0.15) is 12.6 Å². The van der Waals surface area contributed by atoms with Gasteiger partial charge < -0.3 is 10.2 Å². The van der Waals surface area contributed by atoms with E-state index in [0.717, 1.165) is 15.4 Å². The number of carbonyl (C=O) groups is 2. The third kappa shape index (κ3) is 8.96. The molecule has 4 aromatic rings. The fourth-order valence-electron chi connectivity index (χ4n) is 5.06. The van der Waals surface area contributed by atoms with Gasteiger partial charge in [0.15, 0.2) is 0 Å². The smallest absolute Gasteiger partial charge is 0.264 e. The molecule has 1 atom stereocenters. The van der Waals surface area contributed by atoms with Crippen molar-refractivity contribution in [3.63, 3.8) is 0 Å². The lowest BCUT2D eigenvalue weighted by Gasteiger charge is -2.35. The van der Waals surface area contributed by atoms with Crippen LogP contribution in [0.1, 0.15) is 43.0 Å². The lowest BCUT2D eigenvalue weighted by Crippen LogP contribution is -2.56. The molecule has 1 unspecified atom stereocenters. The number of amides is 2. The van der Waals surface area contributed by atoms with Crippen LogP contribution in [0.5, 0.6) is 0 Å². The van der Waals surface area contributed by atoms with Crippen molar-refractivity contribution in [3.8, 4) is 0 Å². The van der Waals surface area contributed by atoms with E-state index in [1.165, 1.54) is 17.0 Å². The van der Waals surface area contributed by atoms with Crippen molar-refractivity contribution < 1.29 is 18.0 Å². The summed E-state index contributed by atoms with van der Waals surface area (Å²) in [4.78, 5) is 30.1. The molecule has 0 spiro atoms. The number of nitrogens with zero attached hydrogens (tertiary/aromatic N) is 2. The summed E-state index contributed by atoms with van der Waals surface area (Å²) < 4.78 is 29.5. The second-order valence-corrected chi connectivity index (χ2v) is 14.5. The van der Waals surface area contributed by atoms with Crippen LogP contribution in [0, 0.1) is 13.8 Å². The van der Waals surface area contributed by atoms with Crippen LogP contribution >= 0.6 is 11.6 Å². The summed E-state index contributed by atoms with van der Waals surface area (Å²) in [5, 5.41) is 3.53. The fourth-order valence-corrected chi connectivity index (χ4v) is 6.76. The Morgan fingerprint density at radius 2 is 1.44 bits per heavy atom. The van der Waals surface area contributed by atoms with Gasteiger partial charge in [0.2, 0.25) is 11.8 Å². The number of halogens is 1. The summed E-state index contributed by atoms with van der Waals surface area (Å²) in [7, 11) is -4.17. The normalized spacial score (nSPS) is 12.3. The Hall–Kier alpha value is -4.14. The number of aryl methyl sites for hydroxylation is 2. The fraction of sp³-hybridized carbons (Fsp3) is 0.278. The number of carbonyl (C=O) groups excluding carboxylic acids is 2. The van der Waals surface area contributed by atoms with E-state index in [-0.39, 0.29) is 23.8 Å². The van der Waals surface area contributed by atoms with E-state index in [1.54, 1.807) is 42.5 Å². The average molecular weight is 646 g/mol. The highest BCUT2D eigenvalue weighted by Crippen LogP contribution is 2.29. The quantitative estimate of drug-likeness (QED) is 0.197. The Morgan fingerprint density at radius 3 is 2.07 bits per heavy atom. The van der Waals surface area contributed by atoms with Gasteiger partial charge in [-0.05, 0) is 87.2 Å². The van der Waals surface area contributed by atoms with Gasteiger partial charge in [-0.25, -0.2) is 8.42 Å². The van der Waals surface area contributed by atoms with Crippen molar-refractivity contribution in [1.29, 1.82) is 0 Å². The van der Waals surface area contributed by atoms with Crippen LogP contribution in [0.4, 0.5) is 5.69 Å². The molecule has 0 aliphatic rings. The van der Waals surface area contributed by atoms with Gasteiger partial charge in [0, 0.05) is 23.5 Å². The van der Waals surface area contributed by atoms with Crippen LogP contribution in [0.2, 0.25) is 5.02 Å². The molecular formula is C36H40ClN3O4S. The number of nitrogens with one attached hydrogen (secondary N) is 1. The molecule has 2 amide bonds. The predicted molar refractivity (Wildman–Crippen MR) is 181 cm³/mol. The monoisotopic (exact) mass is 645 g/mol. The van der Waals surface area contributed by atoms with Gasteiger partial charge in [-0.2, -0.15) is 0 Å². The van der Waals surface area contributed by atoms with Gasteiger partial charge in [-0.15, -0.1) is 0 Å². The van der Waals surface area contributed by atoms with Crippen molar-refractivity contribution in [2.45, 2.75) is 64.1 Å². The SMILES string of the molecule is Cc1ccc(C)c(N(CC(=O)N(Cc2cccc(Cl)c2)C(Cc2ccccc2)C(=O)NC(C)(C)C)S(=O)(=O)c2ccccc2)c1. The molecule has 45 heavy (non-hydrogen) atoms. The maximum Gasteiger partial charge on any atom is 0.264 e. The Bertz CT molecular complexity index is 1740. The number of rotatable bonds is 11. The van der Waals surface area contributed by atoms with Crippen molar-refractivity contribution in [3.05, 3.63) is 130 Å². The lowest BCUT2D eigenvalue weighted by atomic mass is 10.0. The number of hydrogen-bond donors (Lipinski definition) is 1. The first-order chi connectivity index (χ1) is 21.2. The number of benzene rings is 4. The van der Waals surface area contributed by atoms with E-state index in [0.29, 0.717) is 21.8 Å². The number of hydrogen-bond acceptors (Lipinski definition) is 4. The molecule has 4 rings (SSSR count). The molecule has 1 N–H and O–H groups in total. The molecule has 0 saturated carbocycles. The summed E-state index contributed by atoms with van der Waals surface area (Å²) in [6.07, 6.45) is 0.226. The molecule has 0 fully saturated rings. The molecule has 0 aromatic heterocycles. The molecule has 9 heteroatoms. The third-order valence-electron chi connectivity index (χ3n) is 7.25. The lowest BCUT2D eigenvalue weighted by molar-refractivity contribution is -0.140. The second kappa shape index (κ2) is 14.3. The van der Waals surface area contributed by atoms with Crippen LogP contribution in [0.15, 0.2) is 108 Å². The highest BCUT2D eigenvalue weighted by molar-refractivity contribution is 7.92. The zero-order chi connectivity index (χ0) is 32.8. The summed E-state index contributed by atoms with van der Waals surface area (Å²) in [5.41, 5.74) is 2.94.